The molecular formula is C38H31Cl2F6N3O4. The fourth-order valence-corrected chi connectivity index (χ4v) is 5.96. The Morgan fingerprint density at radius 3 is 1.57 bits per heavy atom. The number of carbonyl (C=O) groups excluding carboxylic acids is 1. The number of benzene rings is 3. The molecule has 3 aromatic carbocycles. The van der Waals surface area contributed by atoms with Gasteiger partial charge >= 0.3 is 18.3 Å². The van der Waals surface area contributed by atoms with Gasteiger partial charge in [-0.15, -0.1) is 0 Å². The molecule has 2 N–H and O–H groups in total. The molecule has 53 heavy (non-hydrogen) atoms. The van der Waals surface area contributed by atoms with Crippen molar-refractivity contribution in [3.05, 3.63) is 141 Å². The first-order valence-corrected chi connectivity index (χ1v) is 16.5. The van der Waals surface area contributed by atoms with Gasteiger partial charge in [-0.3, -0.25) is 4.79 Å². The molecule has 0 aliphatic heterocycles. The van der Waals surface area contributed by atoms with Gasteiger partial charge in [-0.25, -0.2) is 14.8 Å². The molecular weight excluding hydrogens is 747 g/mol. The third-order valence-corrected chi connectivity index (χ3v) is 8.46. The lowest BCUT2D eigenvalue weighted by molar-refractivity contribution is -0.143. The van der Waals surface area contributed by atoms with Crippen LogP contribution in [0, 0.1) is 13.8 Å². The number of amides is 1. The predicted molar refractivity (Wildman–Crippen MR) is 189 cm³/mol. The number of alkyl halides is 6. The van der Waals surface area contributed by atoms with Gasteiger partial charge in [-0.2, -0.15) is 26.3 Å². The largest absolute Gasteiger partial charge is 0.478 e. The van der Waals surface area contributed by atoms with Gasteiger partial charge < -0.3 is 15.1 Å². The highest BCUT2D eigenvalue weighted by molar-refractivity contribution is 6.34. The van der Waals surface area contributed by atoms with Crippen LogP contribution in [-0.4, -0.2) is 50.1 Å². The zero-order valence-electron chi connectivity index (χ0n) is 28.1. The van der Waals surface area contributed by atoms with Crippen LogP contribution in [0.2, 0.25) is 10.3 Å². The minimum absolute atomic E-state index is 0.0157. The first kappa shape index (κ1) is 40.8. The van der Waals surface area contributed by atoms with E-state index in [4.69, 9.17) is 23.2 Å². The van der Waals surface area contributed by atoms with Gasteiger partial charge in [0, 0.05) is 43.2 Å². The zero-order chi connectivity index (χ0) is 39.1. The summed E-state index contributed by atoms with van der Waals surface area (Å²) in [5, 5.41) is 18.3. The van der Waals surface area contributed by atoms with Gasteiger partial charge in [0.2, 0.25) is 0 Å². The molecule has 0 aliphatic carbocycles. The van der Waals surface area contributed by atoms with Gasteiger partial charge in [0.1, 0.15) is 15.9 Å². The van der Waals surface area contributed by atoms with Crippen molar-refractivity contribution in [3.63, 3.8) is 0 Å². The first-order valence-electron chi connectivity index (χ1n) is 15.8. The molecule has 0 spiro atoms. The number of aromatic carboxylic acids is 1. The van der Waals surface area contributed by atoms with Gasteiger partial charge in [0.15, 0.2) is 0 Å². The Hall–Kier alpha value is -4.98. The summed E-state index contributed by atoms with van der Waals surface area (Å²) in [5.74, 6) is -1.81. The molecule has 5 rings (SSSR count). The van der Waals surface area contributed by atoms with Crippen molar-refractivity contribution in [1.82, 2.24) is 14.9 Å². The standard InChI is InChI=1S/C25H21ClF6N2O2.C13H10ClNO2/c1-15-13-33-22(26)21(20(15)17-6-3-2-4-7-17)23(36)34(8-5-9-35)14-16-10-18(24(27,28)29)12-19(11-16)25(30,31)32;1-8-7-15-12(14)11(13(16)17)10(8)9-5-3-2-4-6-9/h2-4,6-7,10-13,35H,5,8-9,14H2,1H3;2-7H,1H3,(H,16,17). The molecule has 0 radical (unpaired) electrons. The van der Waals surface area contributed by atoms with Crippen molar-refractivity contribution in [2.75, 3.05) is 13.2 Å². The van der Waals surface area contributed by atoms with E-state index in [1.165, 1.54) is 6.20 Å². The lowest BCUT2D eigenvalue weighted by atomic mass is 9.96. The van der Waals surface area contributed by atoms with Crippen LogP contribution in [0.4, 0.5) is 26.3 Å². The van der Waals surface area contributed by atoms with E-state index in [9.17, 15) is 46.1 Å². The molecule has 2 heterocycles. The Bertz CT molecular complexity index is 2050. The van der Waals surface area contributed by atoms with E-state index in [-0.39, 0.29) is 52.6 Å². The molecule has 0 bridgehead atoms. The maximum Gasteiger partial charge on any atom is 0.416 e. The Kier molecular flexibility index (Phi) is 13.3. The number of aryl methyl sites for hydroxylation is 2. The lowest BCUT2D eigenvalue weighted by Gasteiger charge is -2.26. The summed E-state index contributed by atoms with van der Waals surface area (Å²) in [7, 11) is 0. The first-order chi connectivity index (χ1) is 24.9. The molecule has 7 nitrogen and oxygen atoms in total. The normalized spacial score (nSPS) is 11.5. The number of hydrogen-bond donors (Lipinski definition) is 2. The van der Waals surface area contributed by atoms with Crippen LogP contribution in [0.25, 0.3) is 22.3 Å². The molecule has 0 fully saturated rings. The van der Waals surface area contributed by atoms with E-state index in [1.54, 1.807) is 43.5 Å². The van der Waals surface area contributed by atoms with Gasteiger partial charge in [-0.1, -0.05) is 83.9 Å². The SMILES string of the molecule is Cc1cnc(Cl)c(C(=O)N(CCCO)Cc2cc(C(F)(F)F)cc(C(F)(F)F)c2)c1-c1ccccc1.Cc1cnc(Cl)c(C(=O)O)c1-c1ccccc1. The number of hydrogen-bond acceptors (Lipinski definition) is 5. The van der Waals surface area contributed by atoms with E-state index >= 15 is 0 Å². The van der Waals surface area contributed by atoms with Crippen molar-refractivity contribution in [3.8, 4) is 22.3 Å². The number of aromatic nitrogens is 2. The van der Waals surface area contributed by atoms with Gasteiger partial charge in [0.25, 0.3) is 5.91 Å². The van der Waals surface area contributed by atoms with Crippen LogP contribution >= 0.6 is 23.2 Å². The van der Waals surface area contributed by atoms with Gasteiger partial charge in [-0.05, 0) is 66.3 Å². The second kappa shape index (κ2) is 17.2. The molecule has 5 aromatic rings. The Morgan fingerprint density at radius 1 is 0.717 bits per heavy atom. The number of carboxylic acids is 1. The molecule has 0 aliphatic rings. The molecule has 0 atom stereocenters. The van der Waals surface area contributed by atoms with Crippen LogP contribution in [0.3, 0.4) is 0 Å². The minimum Gasteiger partial charge on any atom is -0.478 e. The van der Waals surface area contributed by atoms with Crippen LogP contribution in [0.15, 0.2) is 91.3 Å². The molecule has 15 heteroatoms. The van der Waals surface area contributed by atoms with Crippen LogP contribution < -0.4 is 0 Å². The third kappa shape index (κ3) is 10.1. The minimum atomic E-state index is -5.03. The van der Waals surface area contributed by atoms with Crippen LogP contribution in [-0.2, 0) is 18.9 Å². The molecule has 2 aromatic heterocycles. The average molecular weight is 779 g/mol. The van der Waals surface area contributed by atoms with Crippen molar-refractivity contribution in [2.24, 2.45) is 0 Å². The van der Waals surface area contributed by atoms with Crippen LogP contribution in [0.5, 0.6) is 0 Å². The second-order valence-corrected chi connectivity index (χ2v) is 12.4. The summed E-state index contributed by atoms with van der Waals surface area (Å²) in [6, 6.07) is 19.2. The molecule has 0 unspecified atom stereocenters. The summed E-state index contributed by atoms with van der Waals surface area (Å²) in [6.07, 6.45) is -6.98. The summed E-state index contributed by atoms with van der Waals surface area (Å²) in [5.41, 5.74) is 0.572. The molecule has 1 amide bonds. The number of halogens is 8. The number of rotatable bonds is 9. The Labute approximate surface area is 310 Å². The fraction of sp³-hybridized carbons (Fsp3) is 0.211. The highest BCUT2D eigenvalue weighted by Crippen LogP contribution is 2.38. The summed E-state index contributed by atoms with van der Waals surface area (Å²) >= 11 is 12.1. The quantitative estimate of drug-likeness (QED) is 0.114. The number of aliphatic hydroxyl groups is 1. The van der Waals surface area contributed by atoms with Crippen molar-refractivity contribution in [1.29, 1.82) is 0 Å². The fourth-order valence-electron chi connectivity index (χ4n) is 5.51. The monoisotopic (exact) mass is 777 g/mol. The maximum absolute atomic E-state index is 13.7. The number of pyridine rings is 2. The number of nitrogens with zero attached hydrogens (tertiary/aromatic N) is 3. The van der Waals surface area contributed by atoms with E-state index in [1.807, 2.05) is 37.3 Å². The maximum atomic E-state index is 13.7. The van der Waals surface area contributed by atoms with E-state index in [2.05, 4.69) is 9.97 Å². The Balaban J connectivity index is 0.000000306. The van der Waals surface area contributed by atoms with Crippen molar-refractivity contribution < 1.29 is 46.1 Å². The predicted octanol–water partition coefficient (Wildman–Crippen LogP) is 10.2. The van der Waals surface area contributed by atoms with Gasteiger partial charge in [0.05, 0.1) is 16.7 Å². The Morgan fingerprint density at radius 2 is 1.15 bits per heavy atom. The summed E-state index contributed by atoms with van der Waals surface area (Å²) in [4.78, 5) is 33.9. The number of aliphatic hydroxyl groups excluding tert-OH is 1. The molecule has 0 saturated heterocycles. The number of carboxylic acid groups (broad SMARTS) is 1. The second-order valence-electron chi connectivity index (χ2n) is 11.7. The summed E-state index contributed by atoms with van der Waals surface area (Å²) in [6.45, 7) is 2.43. The number of carbonyl (C=O) groups is 2. The smallest absolute Gasteiger partial charge is 0.416 e. The van der Waals surface area contributed by atoms with Crippen molar-refractivity contribution in [2.45, 2.75) is 39.2 Å². The molecule has 278 valence electrons. The summed E-state index contributed by atoms with van der Waals surface area (Å²) < 4.78 is 80.0. The third-order valence-electron chi connectivity index (χ3n) is 7.89. The highest BCUT2D eigenvalue weighted by atomic mass is 35.5. The topological polar surface area (TPSA) is 104 Å². The van der Waals surface area contributed by atoms with E-state index < -0.39 is 41.9 Å². The average Bonchev–Trinajstić information content (AvgIpc) is 3.11. The lowest BCUT2D eigenvalue weighted by Crippen LogP contribution is -2.33. The van der Waals surface area contributed by atoms with E-state index in [0.29, 0.717) is 34.4 Å². The highest BCUT2D eigenvalue weighted by Gasteiger charge is 2.37. The molecule has 0 saturated carbocycles. The van der Waals surface area contributed by atoms with Crippen molar-refractivity contribution >= 4 is 35.1 Å². The van der Waals surface area contributed by atoms with Crippen LogP contribution in [0.1, 0.15) is 55.0 Å². The van der Waals surface area contributed by atoms with E-state index in [0.717, 1.165) is 16.0 Å². The zero-order valence-corrected chi connectivity index (χ0v) is 29.6.